The Bertz CT molecular complexity index is 900. The maximum Gasteiger partial charge on any atom is 0.244 e. The second-order valence-corrected chi connectivity index (χ2v) is 7.59. The van der Waals surface area contributed by atoms with E-state index in [4.69, 9.17) is 9.26 Å². The van der Waals surface area contributed by atoms with E-state index in [2.05, 4.69) is 46.6 Å². The van der Waals surface area contributed by atoms with E-state index in [1.807, 2.05) is 12.1 Å². The van der Waals surface area contributed by atoms with E-state index in [0.717, 1.165) is 54.5 Å². The van der Waals surface area contributed by atoms with Crippen molar-refractivity contribution in [2.75, 3.05) is 13.2 Å². The molecule has 1 N–H and O–H groups in total. The fraction of sp³-hybridized carbons (Fsp3) is 0.478. The fourth-order valence-corrected chi connectivity index (χ4v) is 3.74. The highest BCUT2D eigenvalue weighted by Crippen LogP contribution is 2.28. The maximum atomic E-state index is 5.92. The van der Waals surface area contributed by atoms with Crippen molar-refractivity contribution < 1.29 is 9.26 Å². The molecular weight excluding hydrogens is 350 g/mol. The summed E-state index contributed by atoms with van der Waals surface area (Å²) >= 11 is 0. The largest absolute Gasteiger partial charge is 0.494 e. The van der Waals surface area contributed by atoms with E-state index in [1.54, 1.807) is 0 Å². The van der Waals surface area contributed by atoms with Crippen LogP contribution in [-0.2, 0) is 0 Å². The second kappa shape index (κ2) is 9.20. The van der Waals surface area contributed by atoms with E-state index in [1.165, 1.54) is 25.7 Å². The molecule has 28 heavy (non-hydrogen) atoms. The Morgan fingerprint density at radius 2 is 1.93 bits per heavy atom. The Morgan fingerprint density at radius 1 is 1.07 bits per heavy atom. The van der Waals surface area contributed by atoms with Crippen LogP contribution in [-0.4, -0.2) is 23.3 Å². The fourth-order valence-electron chi connectivity index (χ4n) is 3.74. The maximum absolute atomic E-state index is 5.92. The predicted molar refractivity (Wildman–Crippen MR) is 111 cm³/mol. The molecule has 5 heteroatoms. The van der Waals surface area contributed by atoms with Crippen LogP contribution in [0.4, 0.5) is 0 Å². The molecule has 0 aliphatic carbocycles. The van der Waals surface area contributed by atoms with Crippen LogP contribution in [0.25, 0.3) is 22.2 Å². The highest BCUT2D eigenvalue weighted by Gasteiger charge is 2.22. The Morgan fingerprint density at radius 3 is 2.79 bits per heavy atom. The molecule has 0 radical (unpaired) electrons. The average Bonchev–Trinajstić information content (AvgIpc) is 3.42. The normalized spacial score (nSPS) is 16.7. The minimum Gasteiger partial charge on any atom is -0.494 e. The number of rotatable bonds is 9. The SMILES string of the molecule is CCCCCCCOc1ccc2cc(-c3noc([C@@H]4CCCN4)n3)ccc2c1. The van der Waals surface area contributed by atoms with Gasteiger partial charge in [0.25, 0.3) is 0 Å². The number of hydrogen-bond donors (Lipinski definition) is 1. The number of hydrogen-bond acceptors (Lipinski definition) is 5. The molecule has 1 atom stereocenters. The number of benzene rings is 2. The van der Waals surface area contributed by atoms with Gasteiger partial charge in [0.1, 0.15) is 5.75 Å². The standard InChI is InChI=1S/C23H29N3O2/c1-2-3-4-5-6-14-27-20-12-11-17-15-19(10-9-18(17)16-20)22-25-23(28-26-22)21-8-7-13-24-21/h9-12,15-16,21,24H,2-8,13-14H2,1H3/t21-/m0/s1. The third kappa shape index (κ3) is 4.53. The Balaban J connectivity index is 1.40. The van der Waals surface area contributed by atoms with Crippen molar-refractivity contribution in [1.82, 2.24) is 15.5 Å². The molecule has 1 aromatic heterocycles. The summed E-state index contributed by atoms with van der Waals surface area (Å²) in [6.45, 7) is 4.04. The lowest BCUT2D eigenvalue weighted by Gasteiger charge is -2.08. The van der Waals surface area contributed by atoms with E-state index >= 15 is 0 Å². The smallest absolute Gasteiger partial charge is 0.244 e. The molecule has 2 aromatic carbocycles. The first-order valence-corrected chi connectivity index (χ1v) is 10.6. The molecule has 3 aromatic rings. The van der Waals surface area contributed by atoms with Crippen molar-refractivity contribution in [3.63, 3.8) is 0 Å². The minimum absolute atomic E-state index is 0.198. The lowest BCUT2D eigenvalue weighted by atomic mass is 10.1. The monoisotopic (exact) mass is 379 g/mol. The zero-order chi connectivity index (χ0) is 19.2. The van der Waals surface area contributed by atoms with Crippen molar-refractivity contribution in [3.05, 3.63) is 42.3 Å². The molecule has 0 saturated carbocycles. The van der Waals surface area contributed by atoms with Gasteiger partial charge in [-0.15, -0.1) is 0 Å². The Hall–Kier alpha value is -2.40. The van der Waals surface area contributed by atoms with Crippen LogP contribution in [0.1, 0.15) is 63.8 Å². The summed E-state index contributed by atoms with van der Waals surface area (Å²) in [6.07, 6.45) is 8.46. The summed E-state index contributed by atoms with van der Waals surface area (Å²) < 4.78 is 11.4. The number of fused-ring (bicyclic) bond motifs is 1. The highest BCUT2D eigenvalue weighted by molar-refractivity contribution is 5.87. The third-order valence-electron chi connectivity index (χ3n) is 5.39. The van der Waals surface area contributed by atoms with Crippen molar-refractivity contribution in [3.8, 4) is 17.1 Å². The molecular formula is C23H29N3O2. The minimum atomic E-state index is 0.198. The van der Waals surface area contributed by atoms with E-state index in [0.29, 0.717) is 11.7 Å². The Labute approximate surface area is 166 Å². The number of nitrogens with one attached hydrogen (secondary N) is 1. The van der Waals surface area contributed by atoms with Gasteiger partial charge in [0.05, 0.1) is 12.6 Å². The second-order valence-electron chi connectivity index (χ2n) is 7.59. The molecule has 0 spiro atoms. The zero-order valence-electron chi connectivity index (χ0n) is 16.6. The average molecular weight is 380 g/mol. The van der Waals surface area contributed by atoms with Crippen molar-refractivity contribution >= 4 is 10.8 Å². The van der Waals surface area contributed by atoms with Crippen LogP contribution in [0.15, 0.2) is 40.9 Å². The molecule has 1 fully saturated rings. The zero-order valence-corrected chi connectivity index (χ0v) is 16.6. The van der Waals surface area contributed by atoms with Crippen molar-refractivity contribution in [1.29, 1.82) is 0 Å². The van der Waals surface area contributed by atoms with E-state index in [-0.39, 0.29) is 6.04 Å². The molecule has 2 heterocycles. The van der Waals surface area contributed by atoms with Crippen LogP contribution >= 0.6 is 0 Å². The summed E-state index contributed by atoms with van der Waals surface area (Å²) in [7, 11) is 0. The van der Waals surface area contributed by atoms with Crippen LogP contribution in [0.2, 0.25) is 0 Å². The number of unbranched alkanes of at least 4 members (excludes halogenated alkanes) is 4. The van der Waals surface area contributed by atoms with Crippen LogP contribution in [0, 0.1) is 0 Å². The molecule has 0 amide bonds. The molecule has 148 valence electrons. The summed E-state index contributed by atoms with van der Waals surface area (Å²) in [5, 5.41) is 9.88. The van der Waals surface area contributed by atoms with Gasteiger partial charge in [-0.05, 0) is 54.8 Å². The number of aromatic nitrogens is 2. The van der Waals surface area contributed by atoms with Crippen LogP contribution < -0.4 is 10.1 Å². The molecule has 0 unspecified atom stereocenters. The first-order chi connectivity index (χ1) is 13.8. The van der Waals surface area contributed by atoms with Gasteiger partial charge in [0.15, 0.2) is 0 Å². The molecule has 1 saturated heterocycles. The first-order valence-electron chi connectivity index (χ1n) is 10.6. The first kappa shape index (κ1) is 18.9. The van der Waals surface area contributed by atoms with E-state index in [9.17, 15) is 0 Å². The predicted octanol–water partition coefficient (Wildman–Crippen LogP) is 5.66. The van der Waals surface area contributed by atoms with Gasteiger partial charge in [0, 0.05) is 5.56 Å². The molecule has 5 nitrogen and oxygen atoms in total. The van der Waals surface area contributed by atoms with Crippen LogP contribution in [0.3, 0.4) is 0 Å². The lowest BCUT2D eigenvalue weighted by molar-refractivity contribution is 0.305. The quantitative estimate of drug-likeness (QED) is 0.486. The summed E-state index contributed by atoms with van der Waals surface area (Å²) in [5.74, 6) is 2.28. The summed E-state index contributed by atoms with van der Waals surface area (Å²) in [5.41, 5.74) is 0.977. The molecule has 4 rings (SSSR count). The lowest BCUT2D eigenvalue weighted by Crippen LogP contribution is -2.12. The van der Waals surface area contributed by atoms with Crippen molar-refractivity contribution in [2.45, 2.75) is 57.9 Å². The van der Waals surface area contributed by atoms with Crippen LogP contribution in [0.5, 0.6) is 5.75 Å². The van der Waals surface area contributed by atoms with Gasteiger partial charge in [-0.25, -0.2) is 0 Å². The van der Waals surface area contributed by atoms with Gasteiger partial charge in [-0.3, -0.25) is 0 Å². The van der Waals surface area contributed by atoms with E-state index < -0.39 is 0 Å². The Kier molecular flexibility index (Phi) is 6.22. The van der Waals surface area contributed by atoms with Gasteiger partial charge >= 0.3 is 0 Å². The van der Waals surface area contributed by atoms with Gasteiger partial charge < -0.3 is 14.6 Å². The summed E-state index contributed by atoms with van der Waals surface area (Å²) in [4.78, 5) is 4.59. The van der Waals surface area contributed by atoms with Gasteiger partial charge in [-0.2, -0.15) is 4.98 Å². The van der Waals surface area contributed by atoms with Gasteiger partial charge in [0.2, 0.25) is 11.7 Å². The van der Waals surface area contributed by atoms with Crippen molar-refractivity contribution in [2.24, 2.45) is 0 Å². The number of nitrogens with zero attached hydrogens (tertiary/aromatic N) is 2. The molecule has 0 bridgehead atoms. The third-order valence-corrected chi connectivity index (χ3v) is 5.39. The van der Waals surface area contributed by atoms with Gasteiger partial charge in [-0.1, -0.05) is 56.0 Å². The molecule has 1 aliphatic heterocycles. The number of ether oxygens (including phenoxy) is 1. The topological polar surface area (TPSA) is 60.2 Å². The highest BCUT2D eigenvalue weighted by atomic mass is 16.5. The summed E-state index contributed by atoms with van der Waals surface area (Å²) in [6, 6.07) is 12.7. The molecule has 1 aliphatic rings.